The van der Waals surface area contributed by atoms with Crippen molar-refractivity contribution < 1.29 is 17.6 Å². The van der Waals surface area contributed by atoms with Crippen LogP contribution in [0.4, 0.5) is 0 Å². The molecule has 2 aromatic carbocycles. The van der Waals surface area contributed by atoms with Gasteiger partial charge in [-0.3, -0.25) is 4.79 Å². The highest BCUT2D eigenvalue weighted by Gasteiger charge is 2.35. The number of carbonyl (C=O) groups excluding carboxylic acids is 1. The Labute approximate surface area is 181 Å². The van der Waals surface area contributed by atoms with E-state index in [0.29, 0.717) is 18.0 Å². The van der Waals surface area contributed by atoms with Crippen LogP contribution in [0.25, 0.3) is 11.0 Å². The number of benzene rings is 2. The molecule has 1 aliphatic heterocycles. The van der Waals surface area contributed by atoms with Gasteiger partial charge in [0.15, 0.2) is 9.84 Å². The van der Waals surface area contributed by atoms with E-state index >= 15 is 0 Å². The third kappa shape index (κ3) is 4.40. The summed E-state index contributed by atoms with van der Waals surface area (Å²) >= 11 is 5.98. The van der Waals surface area contributed by atoms with E-state index in [0.717, 1.165) is 33.2 Å². The number of hydrogen-bond acceptors (Lipinski definition) is 4. The maximum atomic E-state index is 13.4. The van der Waals surface area contributed by atoms with Gasteiger partial charge in [0, 0.05) is 28.6 Å². The van der Waals surface area contributed by atoms with E-state index in [2.05, 4.69) is 6.07 Å². The molecule has 0 aliphatic carbocycles. The van der Waals surface area contributed by atoms with Crippen LogP contribution >= 0.6 is 11.6 Å². The molecule has 7 heteroatoms. The van der Waals surface area contributed by atoms with E-state index in [4.69, 9.17) is 16.0 Å². The van der Waals surface area contributed by atoms with Crippen LogP contribution in [-0.2, 0) is 27.6 Å². The third-order valence-corrected chi connectivity index (χ3v) is 7.67. The smallest absolute Gasteiger partial charge is 0.227 e. The average molecular weight is 446 g/mol. The molecule has 1 aromatic heterocycles. The minimum atomic E-state index is -3.11. The molecule has 0 saturated carbocycles. The van der Waals surface area contributed by atoms with Gasteiger partial charge in [-0.15, -0.1) is 0 Å². The number of rotatable bonds is 5. The van der Waals surface area contributed by atoms with Gasteiger partial charge in [0.25, 0.3) is 0 Å². The number of aryl methyl sites for hydroxylation is 2. The summed E-state index contributed by atoms with van der Waals surface area (Å²) in [6.07, 6.45) is 2.27. The number of hydrogen-bond donors (Lipinski definition) is 0. The number of carbonyl (C=O) groups is 1. The van der Waals surface area contributed by atoms with Gasteiger partial charge in [-0.1, -0.05) is 29.8 Å². The number of nitrogens with zero attached hydrogens (tertiary/aromatic N) is 1. The lowest BCUT2D eigenvalue weighted by Gasteiger charge is -2.28. The van der Waals surface area contributed by atoms with Gasteiger partial charge in [0.2, 0.25) is 5.91 Å². The molecular formula is C23H24ClNO4S. The molecule has 1 saturated heterocycles. The summed E-state index contributed by atoms with van der Waals surface area (Å²) in [5, 5.41) is 1.58. The van der Waals surface area contributed by atoms with Crippen LogP contribution in [0, 0.1) is 13.8 Å². The molecular weight excluding hydrogens is 422 g/mol. The van der Waals surface area contributed by atoms with Gasteiger partial charge in [-0.05, 0) is 55.2 Å². The Morgan fingerprint density at radius 1 is 1.20 bits per heavy atom. The normalized spacial score (nSPS) is 18.0. The Balaban J connectivity index is 1.63. The second-order valence-electron chi connectivity index (χ2n) is 8.10. The average Bonchev–Trinajstić information content (AvgIpc) is 3.24. The lowest BCUT2D eigenvalue weighted by Crippen LogP contribution is -2.41. The first-order valence-corrected chi connectivity index (χ1v) is 12.1. The molecule has 1 fully saturated rings. The highest BCUT2D eigenvalue weighted by atomic mass is 35.5. The van der Waals surface area contributed by atoms with Crippen LogP contribution < -0.4 is 0 Å². The van der Waals surface area contributed by atoms with E-state index in [1.807, 2.05) is 32.0 Å². The first kappa shape index (κ1) is 20.9. The van der Waals surface area contributed by atoms with Gasteiger partial charge in [0.05, 0.1) is 24.2 Å². The van der Waals surface area contributed by atoms with Crippen LogP contribution in [-0.4, -0.2) is 36.8 Å². The quantitative estimate of drug-likeness (QED) is 0.581. The molecule has 0 N–H and O–H groups in total. The van der Waals surface area contributed by atoms with Crippen molar-refractivity contribution >= 4 is 38.3 Å². The summed E-state index contributed by atoms with van der Waals surface area (Å²) in [5.74, 6) is 0.0286. The summed E-state index contributed by atoms with van der Waals surface area (Å²) in [5.41, 5.74) is 4.68. The molecule has 1 atom stereocenters. The van der Waals surface area contributed by atoms with Crippen LogP contribution in [0.1, 0.15) is 28.7 Å². The molecule has 0 bridgehead atoms. The van der Waals surface area contributed by atoms with Crippen LogP contribution in [0.3, 0.4) is 0 Å². The van der Waals surface area contributed by atoms with E-state index in [9.17, 15) is 13.2 Å². The second kappa shape index (κ2) is 8.08. The van der Waals surface area contributed by atoms with E-state index in [-0.39, 0.29) is 29.9 Å². The minimum Gasteiger partial charge on any atom is -0.464 e. The maximum absolute atomic E-state index is 13.4. The first-order valence-electron chi connectivity index (χ1n) is 9.93. The molecule has 0 radical (unpaired) electrons. The van der Waals surface area contributed by atoms with Gasteiger partial charge >= 0.3 is 0 Å². The van der Waals surface area contributed by atoms with Gasteiger partial charge in [-0.25, -0.2) is 8.42 Å². The minimum absolute atomic E-state index is 0.0106. The molecule has 30 heavy (non-hydrogen) atoms. The van der Waals surface area contributed by atoms with Crippen molar-refractivity contribution in [3.05, 3.63) is 69.9 Å². The predicted molar refractivity (Wildman–Crippen MR) is 118 cm³/mol. The summed E-state index contributed by atoms with van der Waals surface area (Å²) < 4.78 is 29.8. The molecule has 158 valence electrons. The monoisotopic (exact) mass is 445 g/mol. The lowest BCUT2D eigenvalue weighted by atomic mass is 10.0. The Morgan fingerprint density at radius 3 is 2.60 bits per heavy atom. The molecule has 2 heterocycles. The van der Waals surface area contributed by atoms with E-state index < -0.39 is 9.84 Å². The van der Waals surface area contributed by atoms with Crippen molar-refractivity contribution in [3.8, 4) is 0 Å². The Morgan fingerprint density at radius 2 is 1.93 bits per heavy atom. The van der Waals surface area contributed by atoms with Crippen molar-refractivity contribution in [1.82, 2.24) is 4.90 Å². The molecule has 4 rings (SSSR count). The largest absolute Gasteiger partial charge is 0.464 e. The molecule has 5 nitrogen and oxygen atoms in total. The predicted octanol–water partition coefficient (Wildman–Crippen LogP) is 4.46. The summed E-state index contributed by atoms with van der Waals surface area (Å²) in [4.78, 5) is 15.1. The van der Waals surface area contributed by atoms with Crippen molar-refractivity contribution in [2.45, 2.75) is 39.3 Å². The summed E-state index contributed by atoms with van der Waals surface area (Å²) in [7, 11) is -3.11. The first-order chi connectivity index (χ1) is 14.2. The SMILES string of the molecule is Cc1cc(C)c2c(CC(=O)N(Cc3ccc(Cl)cc3)C3CCS(=O)(=O)C3)coc2c1. The topological polar surface area (TPSA) is 67.6 Å². The lowest BCUT2D eigenvalue weighted by molar-refractivity contribution is -0.133. The molecule has 1 aliphatic rings. The fraction of sp³-hybridized carbons (Fsp3) is 0.348. The van der Waals surface area contributed by atoms with E-state index in [1.165, 1.54) is 0 Å². The molecule has 0 spiro atoms. The zero-order valence-electron chi connectivity index (χ0n) is 17.0. The number of sulfone groups is 1. The number of amides is 1. The highest BCUT2D eigenvalue weighted by Crippen LogP contribution is 2.28. The van der Waals surface area contributed by atoms with Gasteiger partial charge in [-0.2, -0.15) is 0 Å². The molecule has 1 amide bonds. The van der Waals surface area contributed by atoms with Crippen molar-refractivity contribution in [3.63, 3.8) is 0 Å². The number of furan rings is 1. The number of halogens is 1. The number of fused-ring (bicyclic) bond motifs is 1. The summed E-state index contributed by atoms with van der Waals surface area (Å²) in [6.45, 7) is 4.37. The van der Waals surface area contributed by atoms with Gasteiger partial charge < -0.3 is 9.32 Å². The fourth-order valence-electron chi connectivity index (χ4n) is 4.25. The Bertz CT molecular complexity index is 1200. The summed E-state index contributed by atoms with van der Waals surface area (Å²) in [6, 6.07) is 11.0. The van der Waals surface area contributed by atoms with E-state index in [1.54, 1.807) is 23.3 Å². The third-order valence-electron chi connectivity index (χ3n) is 5.67. The van der Waals surface area contributed by atoms with Crippen molar-refractivity contribution in [1.29, 1.82) is 0 Å². The second-order valence-corrected chi connectivity index (χ2v) is 10.8. The molecule has 3 aromatic rings. The zero-order chi connectivity index (χ0) is 21.5. The van der Waals surface area contributed by atoms with Crippen LogP contribution in [0.15, 0.2) is 47.1 Å². The van der Waals surface area contributed by atoms with Crippen molar-refractivity contribution in [2.24, 2.45) is 0 Å². The molecule has 1 unspecified atom stereocenters. The highest BCUT2D eigenvalue weighted by molar-refractivity contribution is 7.91. The van der Waals surface area contributed by atoms with Gasteiger partial charge in [0.1, 0.15) is 5.58 Å². The Hall–Kier alpha value is -2.31. The van der Waals surface area contributed by atoms with Crippen molar-refractivity contribution in [2.75, 3.05) is 11.5 Å². The zero-order valence-corrected chi connectivity index (χ0v) is 18.6. The fourth-order valence-corrected chi connectivity index (χ4v) is 6.11. The Kier molecular flexibility index (Phi) is 5.64. The standard InChI is InChI=1S/C23H24ClNO4S/c1-15-9-16(2)23-18(13-29-21(23)10-15)11-22(26)25(20-7-8-30(27,28)14-20)12-17-3-5-19(24)6-4-17/h3-6,9-10,13,20H,7-8,11-12,14H2,1-2H3. The van der Waals surface area contributed by atoms with Crippen LogP contribution in [0.2, 0.25) is 5.02 Å². The van der Waals surface area contributed by atoms with Crippen LogP contribution in [0.5, 0.6) is 0 Å². The maximum Gasteiger partial charge on any atom is 0.227 e.